The number of aromatic nitrogens is 2. The molecule has 0 aliphatic carbocycles. The lowest BCUT2D eigenvalue weighted by molar-refractivity contribution is -0.136. The number of rotatable bonds is 4. The normalized spacial score (nSPS) is 21.7. The van der Waals surface area contributed by atoms with Gasteiger partial charge in [0.25, 0.3) is 5.91 Å². The number of carbonyl (C=O) groups is 3. The van der Waals surface area contributed by atoms with Crippen molar-refractivity contribution in [3.05, 3.63) is 40.4 Å². The lowest BCUT2D eigenvalue weighted by Crippen LogP contribution is -2.41. The molecule has 2 aromatic rings. The number of carbonyl (C=O) groups excluding carboxylic acids is 2. The Morgan fingerprint density at radius 2 is 1.82 bits per heavy atom. The van der Waals surface area contributed by atoms with E-state index in [-0.39, 0.29) is 30.7 Å². The second kappa shape index (κ2) is 9.83. The van der Waals surface area contributed by atoms with Crippen molar-refractivity contribution < 1.29 is 28.8 Å². The van der Waals surface area contributed by atoms with Gasteiger partial charge in [-0.2, -0.15) is 0 Å². The molecule has 3 aliphatic rings. The van der Waals surface area contributed by atoms with Gasteiger partial charge in [-0.25, -0.2) is 9.78 Å². The fourth-order valence-electron chi connectivity index (χ4n) is 5.29. The summed E-state index contributed by atoms with van der Waals surface area (Å²) in [4.78, 5) is 45.2. The topological polar surface area (TPSA) is 126 Å². The number of nitrogens with one attached hydrogen (secondary N) is 1. The number of fused-ring (bicyclic) bond motifs is 1. The monoisotopic (exact) mass is 557 g/mol. The first-order chi connectivity index (χ1) is 18.3. The third-order valence-corrected chi connectivity index (χ3v) is 8.78. The molecule has 2 fully saturated rings. The van der Waals surface area contributed by atoms with Gasteiger partial charge in [0.1, 0.15) is 0 Å². The molecule has 13 heteroatoms. The summed E-state index contributed by atoms with van der Waals surface area (Å²) in [6.45, 7) is 9.17. The smallest absolute Gasteiger partial charge is 0.465 e. The highest BCUT2D eigenvalue weighted by Gasteiger charge is 2.52. The molecular weight excluding hydrogens is 525 g/mol. The molecule has 4 heterocycles. The minimum atomic E-state index is -1.01. The quantitative estimate of drug-likeness (QED) is 0.553. The highest BCUT2D eigenvalue weighted by molar-refractivity contribution is 6.66. The maximum absolute atomic E-state index is 13.3. The zero-order valence-electron chi connectivity index (χ0n) is 22.8. The Labute approximate surface area is 232 Å². The second-order valence-electron chi connectivity index (χ2n) is 11.4. The van der Waals surface area contributed by atoms with Crippen LogP contribution in [0.3, 0.4) is 0 Å². The van der Waals surface area contributed by atoms with Crippen molar-refractivity contribution in [1.82, 2.24) is 19.4 Å². The van der Waals surface area contributed by atoms with Crippen molar-refractivity contribution in [2.75, 3.05) is 25.0 Å². The van der Waals surface area contributed by atoms with Crippen molar-refractivity contribution in [3.63, 3.8) is 0 Å². The van der Waals surface area contributed by atoms with Crippen LogP contribution in [0.4, 0.5) is 10.5 Å². The van der Waals surface area contributed by atoms with Crippen LogP contribution in [0.2, 0.25) is 5.02 Å². The number of halogens is 1. The molecule has 0 bridgehead atoms. The average molecular weight is 558 g/mol. The van der Waals surface area contributed by atoms with Crippen LogP contribution in [-0.2, 0) is 34.1 Å². The fourth-order valence-corrected chi connectivity index (χ4v) is 5.55. The van der Waals surface area contributed by atoms with Gasteiger partial charge >= 0.3 is 13.2 Å². The summed E-state index contributed by atoms with van der Waals surface area (Å²) in [5.74, 6) is -0.644. The van der Waals surface area contributed by atoms with E-state index in [9.17, 15) is 19.5 Å². The fraction of sp³-hybridized carbons (Fsp3) is 0.538. The number of hydrogen-bond donors (Lipinski definition) is 2. The van der Waals surface area contributed by atoms with Crippen molar-refractivity contribution in [3.8, 4) is 0 Å². The summed E-state index contributed by atoms with van der Waals surface area (Å²) < 4.78 is 14.0. The Balaban J connectivity index is 1.30. The van der Waals surface area contributed by atoms with Crippen LogP contribution in [0.5, 0.6) is 0 Å². The number of hydrogen-bond acceptors (Lipinski definition) is 6. The molecule has 0 radical (unpaired) electrons. The van der Waals surface area contributed by atoms with E-state index in [1.807, 2.05) is 33.8 Å². The molecule has 3 amide bonds. The number of likely N-dealkylation sites (tertiary alicyclic amines) is 1. The molecule has 2 saturated heterocycles. The van der Waals surface area contributed by atoms with E-state index < -0.39 is 30.3 Å². The SMILES string of the molecule is Cn1c(C(=O)Nc2cccc(B3OC(C)(C)C(C)(C)O3)c2Cl)nc2c1CCN(C(=O)C1CCN(C(=O)O)C1)C2. The number of benzene rings is 1. The van der Waals surface area contributed by atoms with Crippen LogP contribution in [0.15, 0.2) is 18.2 Å². The highest BCUT2D eigenvalue weighted by atomic mass is 35.5. The number of nitrogens with zero attached hydrogens (tertiary/aromatic N) is 4. The molecule has 3 aliphatic heterocycles. The minimum absolute atomic E-state index is 0.0765. The zero-order valence-corrected chi connectivity index (χ0v) is 23.5. The summed E-state index contributed by atoms with van der Waals surface area (Å²) in [7, 11) is 1.10. The van der Waals surface area contributed by atoms with Gasteiger partial charge in [0.2, 0.25) is 5.91 Å². The van der Waals surface area contributed by atoms with Crippen molar-refractivity contribution in [2.45, 2.75) is 58.3 Å². The Hall–Kier alpha value is -3.09. The zero-order chi connectivity index (χ0) is 28.3. The molecule has 39 heavy (non-hydrogen) atoms. The predicted octanol–water partition coefficient (Wildman–Crippen LogP) is 2.51. The molecule has 0 spiro atoms. The third kappa shape index (κ3) is 4.89. The van der Waals surface area contributed by atoms with Gasteiger partial charge in [-0.15, -0.1) is 0 Å². The van der Waals surface area contributed by atoms with Crippen LogP contribution in [0.25, 0.3) is 0 Å². The van der Waals surface area contributed by atoms with Crippen LogP contribution in [-0.4, -0.2) is 80.3 Å². The molecule has 5 rings (SSSR count). The Morgan fingerprint density at radius 1 is 1.13 bits per heavy atom. The summed E-state index contributed by atoms with van der Waals surface area (Å²) in [6.07, 6.45) is 0.0508. The van der Waals surface area contributed by atoms with E-state index in [1.165, 1.54) is 4.90 Å². The van der Waals surface area contributed by atoms with Gasteiger partial charge in [-0.3, -0.25) is 9.59 Å². The third-order valence-electron chi connectivity index (χ3n) is 8.36. The van der Waals surface area contributed by atoms with Crippen LogP contribution < -0.4 is 10.8 Å². The van der Waals surface area contributed by atoms with Gasteiger partial charge in [0, 0.05) is 44.3 Å². The number of carboxylic acid groups (broad SMARTS) is 1. The molecule has 1 unspecified atom stereocenters. The van der Waals surface area contributed by atoms with Crippen LogP contribution in [0.1, 0.15) is 56.1 Å². The Morgan fingerprint density at radius 3 is 2.46 bits per heavy atom. The van der Waals surface area contributed by atoms with Gasteiger partial charge in [-0.1, -0.05) is 23.7 Å². The summed E-state index contributed by atoms with van der Waals surface area (Å²) in [5.41, 5.74) is 1.52. The minimum Gasteiger partial charge on any atom is -0.465 e. The van der Waals surface area contributed by atoms with Gasteiger partial charge in [-0.05, 0) is 40.2 Å². The average Bonchev–Trinajstić information content (AvgIpc) is 3.54. The Bertz CT molecular complexity index is 1330. The second-order valence-corrected chi connectivity index (χ2v) is 11.7. The van der Waals surface area contributed by atoms with E-state index in [0.29, 0.717) is 47.8 Å². The lowest BCUT2D eigenvalue weighted by atomic mass is 9.79. The first-order valence-electron chi connectivity index (χ1n) is 13.1. The lowest BCUT2D eigenvalue weighted by Gasteiger charge is -2.32. The van der Waals surface area contributed by atoms with E-state index in [4.69, 9.17) is 20.9 Å². The predicted molar refractivity (Wildman–Crippen MR) is 145 cm³/mol. The Kier molecular flexibility index (Phi) is 6.93. The standard InChI is InChI=1S/C26H33BClN5O6/c1-25(2)26(3,4)39-27(38-25)16-7-6-8-17(20(16)28)30-22(34)21-29-18-14-32(12-10-19(18)31(21)5)23(35)15-9-11-33(13-15)24(36)37/h6-8,15H,9-14H2,1-5H3,(H,30,34)(H,36,37). The number of amides is 3. The molecule has 1 atom stereocenters. The first-order valence-corrected chi connectivity index (χ1v) is 13.4. The molecule has 208 valence electrons. The van der Waals surface area contributed by atoms with E-state index in [0.717, 1.165) is 5.69 Å². The molecule has 1 aromatic carbocycles. The largest absolute Gasteiger partial charge is 0.496 e. The molecule has 1 aromatic heterocycles. The summed E-state index contributed by atoms with van der Waals surface area (Å²) in [6, 6.07) is 5.30. The number of anilines is 1. The van der Waals surface area contributed by atoms with Crippen LogP contribution in [0, 0.1) is 5.92 Å². The van der Waals surface area contributed by atoms with E-state index in [2.05, 4.69) is 10.3 Å². The van der Waals surface area contributed by atoms with Gasteiger partial charge in [0.05, 0.1) is 40.1 Å². The van der Waals surface area contributed by atoms with Crippen LogP contribution >= 0.6 is 11.6 Å². The van der Waals surface area contributed by atoms with Crippen molar-refractivity contribution in [1.29, 1.82) is 0 Å². The summed E-state index contributed by atoms with van der Waals surface area (Å²) >= 11 is 6.71. The molecular formula is C26H33BClN5O6. The van der Waals surface area contributed by atoms with Crippen molar-refractivity contribution in [2.24, 2.45) is 13.0 Å². The molecule has 11 nitrogen and oxygen atoms in total. The van der Waals surface area contributed by atoms with E-state index >= 15 is 0 Å². The van der Waals surface area contributed by atoms with Gasteiger partial charge < -0.3 is 34.1 Å². The number of imidazole rings is 1. The summed E-state index contributed by atoms with van der Waals surface area (Å²) in [5, 5.41) is 12.4. The molecule has 0 saturated carbocycles. The van der Waals surface area contributed by atoms with Gasteiger partial charge in [0.15, 0.2) is 5.82 Å². The highest BCUT2D eigenvalue weighted by Crippen LogP contribution is 2.37. The van der Waals surface area contributed by atoms with Crippen molar-refractivity contribution >= 4 is 47.8 Å². The van der Waals surface area contributed by atoms with E-state index in [1.54, 1.807) is 28.6 Å². The maximum Gasteiger partial charge on any atom is 0.496 e. The molecule has 2 N–H and O–H groups in total. The maximum atomic E-state index is 13.3. The first kappa shape index (κ1) is 27.5.